The van der Waals surface area contributed by atoms with E-state index in [2.05, 4.69) is 25.4 Å². The summed E-state index contributed by atoms with van der Waals surface area (Å²) >= 11 is 0. The van der Waals surface area contributed by atoms with Crippen LogP contribution in [0.1, 0.15) is 5.69 Å². The number of methoxy groups -OCH3 is 1. The Bertz CT molecular complexity index is 527. The second kappa shape index (κ2) is 6.62. The summed E-state index contributed by atoms with van der Waals surface area (Å²) in [6, 6.07) is 6.05. The fourth-order valence-corrected chi connectivity index (χ4v) is 1.60. The second-order valence-corrected chi connectivity index (χ2v) is 4.08. The molecule has 2 aromatic rings. The number of aromatic nitrogens is 4. The number of nitrogens with one attached hydrogen (secondary N) is 1. The molecule has 0 bridgehead atoms. The van der Waals surface area contributed by atoms with Crippen molar-refractivity contribution in [1.29, 1.82) is 0 Å². The van der Waals surface area contributed by atoms with E-state index in [0.29, 0.717) is 12.5 Å². The fraction of sp³-hybridized carbons (Fsp3) is 0.333. The van der Waals surface area contributed by atoms with Crippen molar-refractivity contribution < 1.29 is 4.74 Å². The molecule has 3 N–H and O–H groups in total. The van der Waals surface area contributed by atoms with E-state index < -0.39 is 0 Å². The van der Waals surface area contributed by atoms with Crippen molar-refractivity contribution in [2.45, 2.75) is 6.42 Å². The van der Waals surface area contributed by atoms with Crippen LogP contribution >= 0.6 is 0 Å². The summed E-state index contributed by atoms with van der Waals surface area (Å²) in [5, 5.41) is 0. The summed E-state index contributed by atoms with van der Waals surface area (Å²) in [6.07, 6.45) is 2.56. The molecule has 0 aromatic carbocycles. The second-order valence-electron chi connectivity index (χ2n) is 4.08. The van der Waals surface area contributed by atoms with Crippen LogP contribution in [0.25, 0.3) is 0 Å². The van der Waals surface area contributed by atoms with Gasteiger partial charge in [-0.1, -0.05) is 6.07 Å². The summed E-state index contributed by atoms with van der Waals surface area (Å²) in [4.78, 5) is 18.5. The summed E-state index contributed by atoms with van der Waals surface area (Å²) < 4.78 is 5.01. The third-order valence-corrected chi connectivity index (χ3v) is 2.69. The first-order chi connectivity index (χ1) is 9.72. The summed E-state index contributed by atoms with van der Waals surface area (Å²) in [6.45, 7) is 0.716. The van der Waals surface area contributed by atoms with Crippen LogP contribution in [0.2, 0.25) is 0 Å². The highest BCUT2D eigenvalue weighted by Gasteiger charge is 2.10. The Morgan fingerprint density at radius 1 is 1.30 bits per heavy atom. The molecule has 0 amide bonds. The van der Waals surface area contributed by atoms with E-state index in [1.165, 1.54) is 7.11 Å². The van der Waals surface area contributed by atoms with Crippen LogP contribution in [-0.4, -0.2) is 40.6 Å². The zero-order valence-corrected chi connectivity index (χ0v) is 11.4. The van der Waals surface area contributed by atoms with E-state index >= 15 is 0 Å². The SMILES string of the molecule is COc1nc(NN)nc(N(C)CCc2ccccn2)n1. The standard InChI is InChI=1S/C12H17N7O/c1-19(8-6-9-5-3-4-7-14-9)11-15-10(18-13)16-12(17-11)20-2/h3-5,7H,6,8,13H2,1-2H3,(H,15,16,17,18). The molecule has 0 aliphatic heterocycles. The van der Waals surface area contributed by atoms with E-state index in [1.54, 1.807) is 6.20 Å². The molecule has 0 saturated heterocycles. The van der Waals surface area contributed by atoms with Crippen LogP contribution in [0.15, 0.2) is 24.4 Å². The minimum atomic E-state index is 0.215. The van der Waals surface area contributed by atoms with Crippen molar-refractivity contribution in [2.24, 2.45) is 5.84 Å². The number of pyridine rings is 1. The lowest BCUT2D eigenvalue weighted by molar-refractivity contribution is 0.379. The average molecular weight is 275 g/mol. The van der Waals surface area contributed by atoms with Crippen LogP contribution in [0, 0.1) is 0 Å². The Morgan fingerprint density at radius 2 is 2.15 bits per heavy atom. The molecule has 0 fully saturated rings. The summed E-state index contributed by atoms with van der Waals surface area (Å²) in [7, 11) is 3.38. The highest BCUT2D eigenvalue weighted by atomic mass is 16.5. The summed E-state index contributed by atoms with van der Waals surface area (Å²) in [5.41, 5.74) is 3.40. The molecule has 0 aliphatic carbocycles. The molecule has 0 saturated carbocycles. The smallest absolute Gasteiger partial charge is 0.322 e. The third kappa shape index (κ3) is 3.51. The molecule has 2 aromatic heterocycles. The number of anilines is 2. The van der Waals surface area contributed by atoms with E-state index in [9.17, 15) is 0 Å². The molecule has 0 aliphatic rings. The maximum atomic E-state index is 5.32. The average Bonchev–Trinajstić information content (AvgIpc) is 2.52. The molecular formula is C12H17N7O. The number of nitrogen functional groups attached to an aromatic ring is 1. The van der Waals surface area contributed by atoms with Crippen LogP contribution in [-0.2, 0) is 6.42 Å². The monoisotopic (exact) mass is 275 g/mol. The molecule has 0 atom stereocenters. The Hall–Kier alpha value is -2.48. The number of hydrogen-bond donors (Lipinski definition) is 2. The quantitative estimate of drug-likeness (QED) is 0.571. The Morgan fingerprint density at radius 3 is 2.80 bits per heavy atom. The van der Waals surface area contributed by atoms with Crippen LogP contribution in [0.5, 0.6) is 6.01 Å². The van der Waals surface area contributed by atoms with Crippen LogP contribution < -0.4 is 20.9 Å². The number of rotatable bonds is 6. The number of hydrazine groups is 1. The third-order valence-electron chi connectivity index (χ3n) is 2.69. The van der Waals surface area contributed by atoms with E-state index in [-0.39, 0.29) is 12.0 Å². The molecule has 2 rings (SSSR count). The zero-order valence-electron chi connectivity index (χ0n) is 11.4. The lowest BCUT2D eigenvalue weighted by Gasteiger charge is -2.17. The van der Waals surface area contributed by atoms with Gasteiger partial charge in [0.25, 0.3) is 0 Å². The normalized spacial score (nSPS) is 10.2. The first-order valence-electron chi connectivity index (χ1n) is 6.10. The van der Waals surface area contributed by atoms with Crippen molar-refractivity contribution in [1.82, 2.24) is 19.9 Å². The lowest BCUT2D eigenvalue weighted by atomic mass is 10.2. The van der Waals surface area contributed by atoms with Gasteiger partial charge in [0.05, 0.1) is 7.11 Å². The number of nitrogens with two attached hydrogens (primary N) is 1. The number of ether oxygens (including phenoxy) is 1. The van der Waals surface area contributed by atoms with Gasteiger partial charge in [0.2, 0.25) is 11.9 Å². The van der Waals surface area contributed by atoms with E-state index in [0.717, 1.165) is 12.1 Å². The molecular weight excluding hydrogens is 258 g/mol. The Labute approximate surface area is 117 Å². The highest BCUT2D eigenvalue weighted by Crippen LogP contribution is 2.13. The number of likely N-dealkylation sites (N-methyl/N-ethyl adjacent to an activating group) is 1. The van der Waals surface area contributed by atoms with Crippen molar-refractivity contribution in [3.63, 3.8) is 0 Å². The van der Waals surface area contributed by atoms with Gasteiger partial charge in [0, 0.05) is 31.9 Å². The van der Waals surface area contributed by atoms with Crippen molar-refractivity contribution in [2.75, 3.05) is 31.0 Å². The molecule has 8 nitrogen and oxygen atoms in total. The van der Waals surface area contributed by atoms with Crippen molar-refractivity contribution in [3.8, 4) is 6.01 Å². The van der Waals surface area contributed by atoms with Crippen molar-refractivity contribution in [3.05, 3.63) is 30.1 Å². The van der Waals surface area contributed by atoms with Gasteiger partial charge in [-0.3, -0.25) is 10.4 Å². The first kappa shape index (κ1) is 13.9. The number of nitrogens with zero attached hydrogens (tertiary/aromatic N) is 5. The Balaban J connectivity index is 2.06. The van der Waals surface area contributed by atoms with E-state index in [4.69, 9.17) is 10.6 Å². The molecule has 0 spiro atoms. The predicted molar refractivity (Wildman–Crippen MR) is 75.4 cm³/mol. The highest BCUT2D eigenvalue weighted by molar-refractivity contribution is 5.37. The van der Waals surface area contributed by atoms with Gasteiger partial charge in [0.15, 0.2) is 0 Å². The van der Waals surface area contributed by atoms with Gasteiger partial charge >= 0.3 is 6.01 Å². The molecule has 2 heterocycles. The van der Waals surface area contributed by atoms with E-state index in [1.807, 2.05) is 30.1 Å². The van der Waals surface area contributed by atoms with Gasteiger partial charge in [-0.25, -0.2) is 5.84 Å². The first-order valence-corrected chi connectivity index (χ1v) is 6.10. The zero-order chi connectivity index (χ0) is 14.4. The van der Waals surface area contributed by atoms with Crippen LogP contribution in [0.4, 0.5) is 11.9 Å². The maximum absolute atomic E-state index is 5.32. The van der Waals surface area contributed by atoms with Gasteiger partial charge in [0.1, 0.15) is 0 Å². The molecule has 0 radical (unpaired) electrons. The minimum Gasteiger partial charge on any atom is -0.467 e. The summed E-state index contributed by atoms with van der Waals surface area (Å²) in [5.74, 6) is 6.07. The van der Waals surface area contributed by atoms with Gasteiger partial charge in [-0.05, 0) is 12.1 Å². The minimum absolute atomic E-state index is 0.215. The molecule has 106 valence electrons. The fourth-order valence-electron chi connectivity index (χ4n) is 1.60. The predicted octanol–water partition coefficient (Wildman–Crippen LogP) is 0.240. The van der Waals surface area contributed by atoms with Crippen molar-refractivity contribution >= 4 is 11.9 Å². The Kier molecular flexibility index (Phi) is 4.61. The number of hydrogen-bond acceptors (Lipinski definition) is 8. The molecule has 20 heavy (non-hydrogen) atoms. The topological polar surface area (TPSA) is 102 Å². The van der Waals surface area contributed by atoms with Crippen LogP contribution in [0.3, 0.4) is 0 Å². The largest absolute Gasteiger partial charge is 0.467 e. The maximum Gasteiger partial charge on any atom is 0.322 e. The van der Waals surface area contributed by atoms with Gasteiger partial charge in [-0.15, -0.1) is 0 Å². The molecule has 0 unspecified atom stereocenters. The molecule has 8 heteroatoms. The van der Waals surface area contributed by atoms with Gasteiger partial charge in [-0.2, -0.15) is 15.0 Å². The lowest BCUT2D eigenvalue weighted by Crippen LogP contribution is -2.24. The van der Waals surface area contributed by atoms with Gasteiger partial charge < -0.3 is 9.64 Å².